The van der Waals surface area contributed by atoms with Crippen LogP contribution in [-0.2, 0) is 6.42 Å². The molecule has 0 aliphatic heterocycles. The first-order chi connectivity index (χ1) is 13.7. The maximum absolute atomic E-state index is 5.78. The Morgan fingerprint density at radius 3 is 2.62 bits per heavy atom. The van der Waals surface area contributed by atoms with Crippen LogP contribution >= 0.6 is 24.0 Å². The monoisotopic (exact) mass is 510 g/mol. The van der Waals surface area contributed by atoms with E-state index in [-0.39, 0.29) is 24.0 Å². The first-order valence-corrected chi connectivity index (χ1v) is 9.18. The fourth-order valence-electron chi connectivity index (χ4n) is 2.81. The first kappa shape index (κ1) is 22.7. The molecule has 2 heterocycles. The Balaban J connectivity index is 0.00000300. The molecule has 0 radical (unpaired) electrons. The third-order valence-corrected chi connectivity index (χ3v) is 4.34. The van der Waals surface area contributed by atoms with Gasteiger partial charge in [0.05, 0.1) is 13.7 Å². The third-order valence-electron chi connectivity index (χ3n) is 4.34. The van der Waals surface area contributed by atoms with E-state index >= 15 is 0 Å². The first-order valence-electron chi connectivity index (χ1n) is 9.18. The van der Waals surface area contributed by atoms with Gasteiger partial charge in [-0.1, -0.05) is 6.07 Å². The molecule has 1 aromatic carbocycles. The van der Waals surface area contributed by atoms with Crippen molar-refractivity contribution >= 4 is 35.6 Å². The van der Waals surface area contributed by atoms with Crippen molar-refractivity contribution in [2.45, 2.75) is 6.42 Å². The van der Waals surface area contributed by atoms with E-state index in [9.17, 15) is 0 Å². The topological polar surface area (TPSA) is 76.3 Å². The van der Waals surface area contributed by atoms with Crippen molar-refractivity contribution in [3.05, 3.63) is 54.5 Å². The fraction of sp³-hybridized carbons (Fsp3) is 0.350. The molecule has 29 heavy (non-hydrogen) atoms. The van der Waals surface area contributed by atoms with Gasteiger partial charge >= 0.3 is 0 Å². The molecule has 3 rings (SSSR count). The molecule has 0 spiro atoms. The molecule has 0 aliphatic rings. The summed E-state index contributed by atoms with van der Waals surface area (Å²) in [6.07, 6.45) is 2.72. The number of halogens is 1. The highest BCUT2D eigenvalue weighted by Gasteiger charge is 2.08. The number of nitrogens with one attached hydrogen (secondary N) is 1. The minimum absolute atomic E-state index is 0. The lowest BCUT2D eigenvalue weighted by molar-refractivity contribution is 0.281. The van der Waals surface area contributed by atoms with E-state index in [4.69, 9.17) is 9.47 Å². The van der Waals surface area contributed by atoms with E-state index in [2.05, 4.69) is 20.5 Å². The molecule has 0 fully saturated rings. The maximum atomic E-state index is 5.78. The lowest BCUT2D eigenvalue weighted by Crippen LogP contribution is -2.41. The summed E-state index contributed by atoms with van der Waals surface area (Å²) in [5.74, 6) is 3.36. The van der Waals surface area contributed by atoms with Crippen LogP contribution < -0.4 is 14.8 Å². The zero-order chi connectivity index (χ0) is 19.8. The van der Waals surface area contributed by atoms with Gasteiger partial charge in [0.25, 0.3) is 0 Å². The third kappa shape index (κ3) is 6.21. The number of rotatable bonds is 8. The van der Waals surface area contributed by atoms with Gasteiger partial charge in [-0.15, -0.1) is 34.2 Å². The summed E-state index contributed by atoms with van der Waals surface area (Å²) in [6, 6.07) is 13.4. The van der Waals surface area contributed by atoms with Crippen LogP contribution in [0.5, 0.6) is 11.5 Å². The van der Waals surface area contributed by atoms with Gasteiger partial charge in [-0.3, -0.25) is 9.39 Å². The number of likely N-dealkylation sites (N-methyl/N-ethyl adjacent to an activating group) is 1. The Labute approximate surface area is 188 Å². The van der Waals surface area contributed by atoms with E-state index in [1.54, 1.807) is 14.2 Å². The van der Waals surface area contributed by atoms with Gasteiger partial charge in [-0.25, -0.2) is 0 Å². The average molecular weight is 510 g/mol. The van der Waals surface area contributed by atoms with E-state index in [1.165, 1.54) is 0 Å². The number of hydrogen-bond donors (Lipinski definition) is 1. The summed E-state index contributed by atoms with van der Waals surface area (Å²) in [5, 5.41) is 11.8. The second kappa shape index (κ2) is 11.4. The highest BCUT2D eigenvalue weighted by Crippen LogP contribution is 2.16. The normalized spacial score (nSPS) is 11.1. The van der Waals surface area contributed by atoms with Gasteiger partial charge in [0, 0.05) is 33.3 Å². The van der Waals surface area contributed by atoms with Crippen LogP contribution in [0.3, 0.4) is 0 Å². The van der Waals surface area contributed by atoms with Crippen LogP contribution in [-0.4, -0.2) is 66.4 Å². The molecule has 0 saturated heterocycles. The Bertz CT molecular complexity index is 913. The zero-order valence-corrected chi connectivity index (χ0v) is 19.2. The minimum Gasteiger partial charge on any atom is -0.497 e. The number of aromatic nitrogens is 3. The van der Waals surface area contributed by atoms with Gasteiger partial charge in [0.1, 0.15) is 23.9 Å². The molecule has 3 aromatic rings. The molecule has 0 unspecified atom stereocenters. The van der Waals surface area contributed by atoms with Crippen LogP contribution in [0.1, 0.15) is 5.82 Å². The van der Waals surface area contributed by atoms with Gasteiger partial charge in [0.15, 0.2) is 11.6 Å². The molecule has 0 aliphatic carbocycles. The summed E-state index contributed by atoms with van der Waals surface area (Å²) in [6.45, 7) is 1.98. The second-order valence-corrected chi connectivity index (χ2v) is 6.21. The fourth-order valence-corrected chi connectivity index (χ4v) is 2.81. The standard InChI is InChI=1S/C20H26N6O2.HI/c1-21-20(22-12-11-19-24-23-18-6-4-5-13-26(18)19)25(2)14-15-28-17-9-7-16(27-3)8-10-17;/h4-10,13H,11-12,14-15H2,1-3H3,(H,21,22);1H. The van der Waals surface area contributed by atoms with Crippen molar-refractivity contribution in [2.24, 2.45) is 4.99 Å². The number of ether oxygens (including phenoxy) is 2. The van der Waals surface area contributed by atoms with Crippen molar-refractivity contribution in [3.63, 3.8) is 0 Å². The van der Waals surface area contributed by atoms with E-state index in [0.29, 0.717) is 19.7 Å². The molecule has 0 atom stereocenters. The van der Waals surface area contributed by atoms with Crippen LogP contribution in [0.25, 0.3) is 5.65 Å². The van der Waals surface area contributed by atoms with Crippen molar-refractivity contribution in [2.75, 3.05) is 40.9 Å². The van der Waals surface area contributed by atoms with Crippen molar-refractivity contribution in [3.8, 4) is 11.5 Å². The number of nitrogens with zero attached hydrogens (tertiary/aromatic N) is 5. The van der Waals surface area contributed by atoms with Gasteiger partial charge < -0.3 is 19.7 Å². The Kier molecular flexibility index (Phi) is 8.97. The summed E-state index contributed by atoms with van der Waals surface area (Å²) in [5.41, 5.74) is 0.856. The molecule has 2 aromatic heterocycles. The molecule has 1 N–H and O–H groups in total. The van der Waals surface area contributed by atoms with E-state index < -0.39 is 0 Å². The molecular weight excluding hydrogens is 483 g/mol. The maximum Gasteiger partial charge on any atom is 0.193 e. The number of pyridine rings is 1. The van der Waals surface area contributed by atoms with Crippen molar-refractivity contribution < 1.29 is 9.47 Å². The molecule has 0 bridgehead atoms. The van der Waals surface area contributed by atoms with Crippen LogP contribution in [0.4, 0.5) is 0 Å². The smallest absolute Gasteiger partial charge is 0.193 e. The molecule has 9 heteroatoms. The predicted octanol–water partition coefficient (Wildman–Crippen LogP) is 2.48. The number of guanidine groups is 1. The van der Waals surface area contributed by atoms with Gasteiger partial charge in [0.2, 0.25) is 0 Å². The molecule has 0 amide bonds. The summed E-state index contributed by atoms with van der Waals surface area (Å²) < 4.78 is 12.9. The molecule has 8 nitrogen and oxygen atoms in total. The number of hydrogen-bond acceptors (Lipinski definition) is 5. The summed E-state index contributed by atoms with van der Waals surface area (Å²) in [7, 11) is 5.41. The number of fused-ring (bicyclic) bond motifs is 1. The van der Waals surface area contributed by atoms with E-state index in [1.807, 2.05) is 65.0 Å². The lowest BCUT2D eigenvalue weighted by Gasteiger charge is -2.22. The van der Waals surface area contributed by atoms with Gasteiger partial charge in [-0.2, -0.15) is 0 Å². The molecule has 156 valence electrons. The Hall–Kier alpha value is -2.56. The van der Waals surface area contributed by atoms with Crippen molar-refractivity contribution in [1.29, 1.82) is 0 Å². The highest BCUT2D eigenvalue weighted by molar-refractivity contribution is 14.0. The Morgan fingerprint density at radius 2 is 1.90 bits per heavy atom. The minimum atomic E-state index is 0. The summed E-state index contributed by atoms with van der Waals surface area (Å²) in [4.78, 5) is 6.37. The van der Waals surface area contributed by atoms with Crippen molar-refractivity contribution in [1.82, 2.24) is 24.8 Å². The number of aliphatic imine (C=N–C) groups is 1. The molecular formula is C20H27IN6O2. The zero-order valence-electron chi connectivity index (χ0n) is 16.9. The highest BCUT2D eigenvalue weighted by atomic mass is 127. The predicted molar refractivity (Wildman–Crippen MR) is 125 cm³/mol. The van der Waals surface area contributed by atoms with Gasteiger partial charge in [-0.05, 0) is 36.4 Å². The number of methoxy groups -OCH3 is 1. The van der Waals surface area contributed by atoms with Crippen LogP contribution in [0.15, 0.2) is 53.7 Å². The summed E-state index contributed by atoms with van der Waals surface area (Å²) >= 11 is 0. The average Bonchev–Trinajstić information content (AvgIpc) is 3.15. The quantitative estimate of drug-likeness (QED) is 0.285. The van der Waals surface area contributed by atoms with Crippen LogP contribution in [0, 0.1) is 0 Å². The van der Waals surface area contributed by atoms with E-state index in [0.717, 1.165) is 35.4 Å². The Morgan fingerprint density at radius 1 is 1.14 bits per heavy atom. The molecule has 0 saturated carbocycles. The lowest BCUT2D eigenvalue weighted by atomic mass is 10.3. The largest absolute Gasteiger partial charge is 0.497 e. The second-order valence-electron chi connectivity index (χ2n) is 6.21. The van der Waals surface area contributed by atoms with Crippen LogP contribution in [0.2, 0.25) is 0 Å². The SMILES string of the molecule is CN=C(NCCc1nnc2ccccn12)N(C)CCOc1ccc(OC)cc1.I. The number of benzene rings is 1.